The Bertz CT molecular complexity index is 429. The second-order valence-electron chi connectivity index (χ2n) is 2.77. The fourth-order valence-corrected chi connectivity index (χ4v) is 1.98. The van der Waals surface area contributed by atoms with Crippen LogP contribution in [0.15, 0.2) is 41.2 Å². The molecule has 0 amide bonds. The minimum atomic E-state index is 1.15. The van der Waals surface area contributed by atoms with Gasteiger partial charge in [-0.15, -0.1) is 17.1 Å². The molecule has 2 heteroatoms. The minimum absolute atomic E-state index is 1.15. The van der Waals surface area contributed by atoms with E-state index in [0.29, 0.717) is 0 Å². The average molecular weight is 187 g/mol. The van der Waals surface area contributed by atoms with Crippen LogP contribution in [-0.2, 0) is 0 Å². The number of nitrogens with zero attached hydrogens (tertiary/aromatic N) is 1. The fourth-order valence-electron chi connectivity index (χ4n) is 1.12. The molecule has 0 fully saturated rings. The van der Waals surface area contributed by atoms with Crippen LogP contribution in [0, 0.1) is 6.92 Å². The molecular weight excluding hydrogens is 178 g/mol. The maximum absolute atomic E-state index is 4.08. The molecule has 0 N–H and O–H groups in total. The lowest BCUT2D eigenvalue weighted by molar-refractivity contribution is 1.62. The molecule has 0 aromatic carbocycles. The zero-order valence-electron chi connectivity index (χ0n) is 7.32. The van der Waals surface area contributed by atoms with Crippen molar-refractivity contribution in [1.82, 2.24) is 0 Å². The molecule has 0 bridgehead atoms. The largest absolute Gasteiger partial charge is 0.256 e. The Morgan fingerprint density at radius 2 is 2.31 bits per heavy atom. The van der Waals surface area contributed by atoms with Gasteiger partial charge in [-0.3, -0.25) is 4.99 Å². The van der Waals surface area contributed by atoms with Crippen molar-refractivity contribution in [3.05, 3.63) is 46.0 Å². The van der Waals surface area contributed by atoms with Crippen LogP contribution in [0.1, 0.15) is 9.75 Å². The average Bonchev–Trinajstić information content (AvgIpc) is 2.43. The molecule has 1 nitrogen and oxygen atoms in total. The SMILES string of the molecule is Cc1ccc(C2=CC=C=CN=C2)s1. The maximum atomic E-state index is 4.08. The topological polar surface area (TPSA) is 12.4 Å². The van der Waals surface area contributed by atoms with Gasteiger partial charge < -0.3 is 0 Å². The lowest BCUT2D eigenvalue weighted by atomic mass is 10.2. The standard InChI is InChI=1S/C11H9NS/c1-9-5-6-11(13-9)10-4-2-3-7-12-8-10/h2,4-8H,1H3. The van der Waals surface area contributed by atoms with Gasteiger partial charge in [-0.2, -0.15) is 0 Å². The third kappa shape index (κ3) is 1.86. The molecule has 0 radical (unpaired) electrons. The summed E-state index contributed by atoms with van der Waals surface area (Å²) in [5, 5.41) is 0. The van der Waals surface area contributed by atoms with Gasteiger partial charge in [-0.1, -0.05) is 0 Å². The van der Waals surface area contributed by atoms with Gasteiger partial charge >= 0.3 is 0 Å². The van der Waals surface area contributed by atoms with Crippen LogP contribution in [0.5, 0.6) is 0 Å². The number of rotatable bonds is 1. The van der Waals surface area contributed by atoms with Crippen LogP contribution < -0.4 is 0 Å². The molecule has 0 spiro atoms. The molecule has 2 rings (SSSR count). The Hall–Kier alpha value is -1.37. The summed E-state index contributed by atoms with van der Waals surface area (Å²) in [4.78, 5) is 6.67. The van der Waals surface area contributed by atoms with Crippen LogP contribution in [-0.4, -0.2) is 6.21 Å². The van der Waals surface area contributed by atoms with Crippen molar-refractivity contribution >= 4 is 23.1 Å². The molecule has 1 aliphatic heterocycles. The van der Waals surface area contributed by atoms with E-state index in [4.69, 9.17) is 0 Å². The summed E-state index contributed by atoms with van der Waals surface area (Å²) < 4.78 is 0. The molecule has 2 heterocycles. The van der Waals surface area contributed by atoms with E-state index < -0.39 is 0 Å². The Morgan fingerprint density at radius 3 is 3.08 bits per heavy atom. The predicted octanol–water partition coefficient (Wildman–Crippen LogP) is 3.19. The molecule has 1 aromatic rings. The first-order valence-corrected chi connectivity index (χ1v) is 4.89. The Balaban J connectivity index is 2.38. The second-order valence-corrected chi connectivity index (χ2v) is 4.06. The molecule has 64 valence electrons. The molecular formula is C11H9NS. The van der Waals surface area contributed by atoms with Crippen LogP contribution in [0.4, 0.5) is 0 Å². The first kappa shape index (κ1) is 8.24. The van der Waals surface area contributed by atoms with Crippen LogP contribution in [0.25, 0.3) is 5.57 Å². The summed E-state index contributed by atoms with van der Waals surface area (Å²) in [5.41, 5.74) is 4.09. The molecule has 1 aromatic heterocycles. The number of aryl methyl sites for hydroxylation is 1. The van der Waals surface area contributed by atoms with E-state index >= 15 is 0 Å². The monoisotopic (exact) mass is 187 g/mol. The number of aliphatic imine (C=N–C) groups is 1. The Morgan fingerprint density at radius 1 is 1.38 bits per heavy atom. The van der Waals surface area contributed by atoms with Crippen molar-refractivity contribution in [3.8, 4) is 0 Å². The van der Waals surface area contributed by atoms with E-state index in [9.17, 15) is 0 Å². The van der Waals surface area contributed by atoms with Crippen molar-refractivity contribution in [2.45, 2.75) is 6.92 Å². The summed E-state index contributed by atoms with van der Waals surface area (Å²) in [6.45, 7) is 2.11. The van der Waals surface area contributed by atoms with Gasteiger partial charge in [0.05, 0.1) is 6.20 Å². The summed E-state index contributed by atoms with van der Waals surface area (Å²) in [5.74, 6) is 0. The number of hydrogen-bond acceptors (Lipinski definition) is 2. The van der Waals surface area contributed by atoms with E-state index in [-0.39, 0.29) is 0 Å². The number of allylic oxidation sites excluding steroid dienone is 3. The number of hydrogen-bond donors (Lipinski definition) is 0. The van der Waals surface area contributed by atoms with Crippen LogP contribution in [0.2, 0.25) is 0 Å². The minimum Gasteiger partial charge on any atom is -0.256 e. The Labute approximate surface area is 81.4 Å². The van der Waals surface area contributed by atoms with Crippen molar-refractivity contribution < 1.29 is 0 Å². The molecule has 0 aliphatic carbocycles. The van der Waals surface area contributed by atoms with Gasteiger partial charge in [0.1, 0.15) is 0 Å². The van der Waals surface area contributed by atoms with Crippen LogP contribution >= 0.6 is 11.3 Å². The number of thiophene rings is 1. The zero-order valence-corrected chi connectivity index (χ0v) is 8.14. The van der Waals surface area contributed by atoms with Crippen molar-refractivity contribution in [2.75, 3.05) is 0 Å². The molecule has 13 heavy (non-hydrogen) atoms. The highest BCUT2D eigenvalue weighted by atomic mass is 32.1. The molecule has 0 unspecified atom stereocenters. The van der Waals surface area contributed by atoms with E-state index in [2.05, 4.69) is 29.8 Å². The first-order chi connectivity index (χ1) is 6.36. The summed E-state index contributed by atoms with van der Waals surface area (Å²) in [6, 6.07) is 4.24. The first-order valence-electron chi connectivity index (χ1n) is 4.07. The van der Waals surface area contributed by atoms with E-state index in [0.717, 1.165) is 5.57 Å². The van der Waals surface area contributed by atoms with Gasteiger partial charge in [-0.05, 0) is 31.2 Å². The highest BCUT2D eigenvalue weighted by Gasteiger charge is 2.00. The van der Waals surface area contributed by atoms with Crippen molar-refractivity contribution in [1.29, 1.82) is 0 Å². The fraction of sp³-hybridized carbons (Fsp3) is 0.0909. The summed E-state index contributed by atoms with van der Waals surface area (Å²) >= 11 is 1.78. The lowest BCUT2D eigenvalue weighted by Crippen LogP contribution is -1.78. The second kappa shape index (κ2) is 3.56. The quantitative estimate of drug-likeness (QED) is 0.599. The van der Waals surface area contributed by atoms with Gasteiger partial charge in [0, 0.05) is 21.5 Å². The zero-order chi connectivity index (χ0) is 9.10. The highest BCUT2D eigenvalue weighted by molar-refractivity contribution is 7.13. The van der Waals surface area contributed by atoms with Gasteiger partial charge in [0.15, 0.2) is 0 Å². The summed E-state index contributed by atoms with van der Waals surface area (Å²) in [6.07, 6.45) is 7.45. The lowest BCUT2D eigenvalue weighted by Gasteiger charge is -1.92. The van der Waals surface area contributed by atoms with Gasteiger partial charge in [0.25, 0.3) is 0 Å². The van der Waals surface area contributed by atoms with Gasteiger partial charge in [0.2, 0.25) is 0 Å². The highest BCUT2D eigenvalue weighted by Crippen LogP contribution is 2.22. The van der Waals surface area contributed by atoms with E-state index in [1.165, 1.54) is 9.75 Å². The van der Waals surface area contributed by atoms with E-state index in [1.54, 1.807) is 17.5 Å². The normalized spacial score (nSPS) is 14.4. The molecule has 0 atom stereocenters. The van der Waals surface area contributed by atoms with E-state index in [1.807, 2.05) is 18.4 Å². The third-order valence-electron chi connectivity index (χ3n) is 1.75. The predicted molar refractivity (Wildman–Crippen MR) is 58.2 cm³/mol. The molecule has 0 saturated carbocycles. The summed E-state index contributed by atoms with van der Waals surface area (Å²) in [7, 11) is 0. The molecule has 0 saturated heterocycles. The van der Waals surface area contributed by atoms with Crippen LogP contribution in [0.3, 0.4) is 0 Å². The smallest absolute Gasteiger partial charge is 0.0686 e. The van der Waals surface area contributed by atoms with Crippen molar-refractivity contribution in [3.63, 3.8) is 0 Å². The third-order valence-corrected chi connectivity index (χ3v) is 2.80. The Kier molecular flexibility index (Phi) is 2.26. The van der Waals surface area contributed by atoms with Crippen molar-refractivity contribution in [2.24, 2.45) is 4.99 Å². The maximum Gasteiger partial charge on any atom is 0.0686 e. The molecule has 1 aliphatic rings. The van der Waals surface area contributed by atoms with Gasteiger partial charge in [-0.25, -0.2) is 0 Å².